The van der Waals surface area contributed by atoms with Crippen LogP contribution in [0.5, 0.6) is 5.88 Å². The number of aromatic nitrogens is 2. The molecule has 1 atom stereocenters. The highest BCUT2D eigenvalue weighted by atomic mass is 32.1. The van der Waals surface area contributed by atoms with Crippen molar-refractivity contribution in [3.05, 3.63) is 0 Å². The summed E-state index contributed by atoms with van der Waals surface area (Å²) in [6.07, 6.45) is 3.38. The molecule has 0 spiro atoms. The van der Waals surface area contributed by atoms with Crippen molar-refractivity contribution >= 4 is 17.5 Å². The Balaban J connectivity index is 1.95. The Morgan fingerprint density at radius 3 is 2.94 bits per heavy atom. The SMILES string of the molecule is CCCCOc1nsnc1N1CC[C@@H](N(C)C)C1. The van der Waals surface area contributed by atoms with Crippen molar-refractivity contribution in [1.29, 1.82) is 0 Å². The normalized spacial score (nSPS) is 19.8. The van der Waals surface area contributed by atoms with E-state index in [0.29, 0.717) is 11.9 Å². The molecular weight excluding hydrogens is 248 g/mol. The van der Waals surface area contributed by atoms with Gasteiger partial charge >= 0.3 is 0 Å². The Bertz CT molecular complexity index is 369. The van der Waals surface area contributed by atoms with Crippen LogP contribution in [-0.2, 0) is 0 Å². The Kier molecular flexibility index (Phi) is 4.77. The fourth-order valence-corrected chi connectivity index (χ4v) is 2.65. The minimum absolute atomic E-state index is 0.607. The Labute approximate surface area is 113 Å². The highest BCUT2D eigenvalue weighted by Crippen LogP contribution is 2.29. The van der Waals surface area contributed by atoms with Crippen LogP contribution in [0.4, 0.5) is 5.82 Å². The number of nitrogens with zero attached hydrogens (tertiary/aromatic N) is 4. The fraction of sp³-hybridized carbons (Fsp3) is 0.833. The molecule has 0 saturated carbocycles. The third-order valence-corrected chi connectivity index (χ3v) is 3.87. The van der Waals surface area contributed by atoms with Gasteiger partial charge in [-0.3, -0.25) is 0 Å². The highest BCUT2D eigenvalue weighted by Gasteiger charge is 2.28. The molecule has 1 fully saturated rings. The van der Waals surface area contributed by atoms with Crippen molar-refractivity contribution in [2.24, 2.45) is 0 Å². The lowest BCUT2D eigenvalue weighted by atomic mass is 10.2. The zero-order chi connectivity index (χ0) is 13.0. The molecule has 0 unspecified atom stereocenters. The largest absolute Gasteiger partial charge is 0.474 e. The quantitative estimate of drug-likeness (QED) is 0.738. The first kappa shape index (κ1) is 13.5. The Morgan fingerprint density at radius 1 is 1.44 bits per heavy atom. The molecule has 18 heavy (non-hydrogen) atoms. The number of likely N-dealkylation sites (N-methyl/N-ethyl adjacent to an activating group) is 1. The van der Waals surface area contributed by atoms with E-state index in [2.05, 4.69) is 39.6 Å². The topological polar surface area (TPSA) is 41.5 Å². The average molecular weight is 270 g/mol. The molecule has 0 radical (unpaired) electrons. The van der Waals surface area contributed by atoms with Gasteiger partial charge in [-0.15, -0.1) is 4.37 Å². The van der Waals surface area contributed by atoms with Crippen LogP contribution < -0.4 is 9.64 Å². The van der Waals surface area contributed by atoms with Gasteiger partial charge in [-0.1, -0.05) is 13.3 Å². The second-order valence-corrected chi connectivity index (χ2v) is 5.48. The van der Waals surface area contributed by atoms with Crippen molar-refractivity contribution in [1.82, 2.24) is 13.6 Å². The first-order chi connectivity index (χ1) is 8.72. The van der Waals surface area contributed by atoms with Crippen LogP contribution in [0.2, 0.25) is 0 Å². The van der Waals surface area contributed by atoms with Crippen LogP contribution in [-0.4, -0.2) is 53.5 Å². The van der Waals surface area contributed by atoms with E-state index in [1.165, 1.54) is 18.1 Å². The van der Waals surface area contributed by atoms with Gasteiger partial charge in [0, 0.05) is 19.1 Å². The zero-order valence-corrected chi connectivity index (χ0v) is 12.2. The van der Waals surface area contributed by atoms with E-state index >= 15 is 0 Å². The van der Waals surface area contributed by atoms with Gasteiger partial charge in [-0.05, 0) is 26.9 Å². The summed E-state index contributed by atoms with van der Waals surface area (Å²) in [5.74, 6) is 1.65. The molecule has 0 aliphatic carbocycles. The van der Waals surface area contributed by atoms with E-state index in [1.807, 2.05) is 0 Å². The molecule has 102 valence electrons. The minimum atomic E-state index is 0.607. The summed E-state index contributed by atoms with van der Waals surface area (Å²) in [6.45, 7) is 4.95. The van der Waals surface area contributed by atoms with Crippen LogP contribution in [0.1, 0.15) is 26.2 Å². The van der Waals surface area contributed by atoms with Crippen molar-refractivity contribution in [2.75, 3.05) is 38.7 Å². The maximum atomic E-state index is 5.71. The van der Waals surface area contributed by atoms with Crippen molar-refractivity contribution in [2.45, 2.75) is 32.2 Å². The summed E-state index contributed by atoms with van der Waals surface area (Å²) >= 11 is 1.24. The van der Waals surface area contributed by atoms with Crippen molar-refractivity contribution in [3.63, 3.8) is 0 Å². The molecular formula is C12H22N4OS. The third-order valence-electron chi connectivity index (χ3n) is 3.37. The van der Waals surface area contributed by atoms with E-state index in [4.69, 9.17) is 4.74 Å². The molecule has 2 rings (SSSR count). The molecule has 0 amide bonds. The number of unbranched alkanes of at least 4 members (excludes halogenated alkanes) is 1. The summed E-state index contributed by atoms with van der Waals surface area (Å²) in [7, 11) is 4.26. The lowest BCUT2D eigenvalue weighted by Crippen LogP contribution is -2.31. The molecule has 6 heteroatoms. The van der Waals surface area contributed by atoms with Crippen LogP contribution in [0, 0.1) is 0 Å². The van der Waals surface area contributed by atoms with Crippen LogP contribution in [0.15, 0.2) is 0 Å². The van der Waals surface area contributed by atoms with Gasteiger partial charge in [0.15, 0.2) is 0 Å². The van der Waals surface area contributed by atoms with Crippen molar-refractivity contribution < 1.29 is 4.74 Å². The highest BCUT2D eigenvalue weighted by molar-refractivity contribution is 6.99. The predicted octanol–water partition coefficient (Wildman–Crippen LogP) is 1.86. The molecule has 0 bridgehead atoms. The lowest BCUT2D eigenvalue weighted by molar-refractivity contribution is 0.300. The van der Waals surface area contributed by atoms with Crippen LogP contribution in [0.3, 0.4) is 0 Å². The van der Waals surface area contributed by atoms with Gasteiger partial charge in [0.05, 0.1) is 18.3 Å². The smallest absolute Gasteiger partial charge is 0.270 e. The Morgan fingerprint density at radius 2 is 2.28 bits per heavy atom. The van der Waals surface area contributed by atoms with Crippen LogP contribution in [0.25, 0.3) is 0 Å². The van der Waals surface area contributed by atoms with Gasteiger partial charge in [-0.25, -0.2) is 0 Å². The Hall–Kier alpha value is -0.880. The van der Waals surface area contributed by atoms with Gasteiger partial charge in [0.2, 0.25) is 5.82 Å². The second kappa shape index (κ2) is 6.33. The first-order valence-electron chi connectivity index (χ1n) is 6.59. The van der Waals surface area contributed by atoms with Gasteiger partial charge < -0.3 is 14.5 Å². The van der Waals surface area contributed by atoms with E-state index in [0.717, 1.165) is 38.4 Å². The first-order valence-corrected chi connectivity index (χ1v) is 7.32. The van der Waals surface area contributed by atoms with E-state index in [9.17, 15) is 0 Å². The second-order valence-electron chi connectivity index (χ2n) is 4.95. The van der Waals surface area contributed by atoms with Gasteiger partial charge in [0.1, 0.15) is 0 Å². The molecule has 5 nitrogen and oxygen atoms in total. The fourth-order valence-electron chi connectivity index (χ4n) is 2.13. The molecule has 1 aromatic rings. The average Bonchev–Trinajstić information content (AvgIpc) is 2.96. The summed E-state index contributed by atoms with van der Waals surface area (Å²) in [5.41, 5.74) is 0. The van der Waals surface area contributed by atoms with Gasteiger partial charge in [-0.2, -0.15) is 4.37 Å². The molecule has 1 aliphatic rings. The number of hydrogen-bond donors (Lipinski definition) is 0. The van der Waals surface area contributed by atoms with E-state index in [-0.39, 0.29) is 0 Å². The van der Waals surface area contributed by atoms with Crippen molar-refractivity contribution in [3.8, 4) is 5.88 Å². The number of ether oxygens (including phenoxy) is 1. The predicted molar refractivity (Wildman–Crippen MR) is 74.6 cm³/mol. The molecule has 0 N–H and O–H groups in total. The summed E-state index contributed by atoms with van der Waals surface area (Å²) in [6, 6.07) is 0.607. The summed E-state index contributed by atoms with van der Waals surface area (Å²) in [4.78, 5) is 4.56. The van der Waals surface area contributed by atoms with E-state index < -0.39 is 0 Å². The van der Waals surface area contributed by atoms with Gasteiger partial charge in [0.25, 0.3) is 5.88 Å². The summed E-state index contributed by atoms with van der Waals surface area (Å²) in [5, 5.41) is 0. The lowest BCUT2D eigenvalue weighted by Gasteiger charge is -2.20. The molecule has 2 heterocycles. The molecule has 0 aromatic carbocycles. The number of anilines is 1. The molecule has 1 saturated heterocycles. The van der Waals surface area contributed by atoms with Crippen LogP contribution >= 0.6 is 11.7 Å². The summed E-state index contributed by atoms with van der Waals surface area (Å²) < 4.78 is 14.3. The molecule has 1 aliphatic heterocycles. The maximum absolute atomic E-state index is 5.71. The number of hydrogen-bond acceptors (Lipinski definition) is 6. The molecule has 1 aromatic heterocycles. The standard InChI is InChI=1S/C12H22N4OS/c1-4-5-8-17-12-11(13-18-14-12)16-7-6-10(9-16)15(2)3/h10H,4-9H2,1-3H3/t10-/m1/s1. The van der Waals surface area contributed by atoms with E-state index in [1.54, 1.807) is 0 Å². The minimum Gasteiger partial charge on any atom is -0.474 e. The maximum Gasteiger partial charge on any atom is 0.270 e. The third kappa shape index (κ3) is 3.11. The monoisotopic (exact) mass is 270 g/mol. The zero-order valence-electron chi connectivity index (χ0n) is 11.4. The number of rotatable bonds is 6.